The van der Waals surface area contributed by atoms with Crippen LogP contribution in [0, 0.1) is 13.8 Å². The summed E-state index contributed by atoms with van der Waals surface area (Å²) in [7, 11) is 0. The van der Waals surface area contributed by atoms with E-state index < -0.39 is 0 Å². The van der Waals surface area contributed by atoms with Crippen LogP contribution in [0.3, 0.4) is 0 Å². The monoisotopic (exact) mass is 197 g/mol. The Morgan fingerprint density at radius 3 is 2.67 bits per heavy atom. The molecule has 1 aliphatic heterocycles. The van der Waals surface area contributed by atoms with E-state index in [1.807, 2.05) is 48.7 Å². The quantitative estimate of drug-likeness (QED) is 0.543. The molecule has 74 valence electrons. The minimum atomic E-state index is 0.141. The first-order chi connectivity index (χ1) is 7.20. The third-order valence-electron chi connectivity index (χ3n) is 3.01. The Morgan fingerprint density at radius 1 is 1.07 bits per heavy atom. The molecular formula is C13H11NO. The van der Waals surface area contributed by atoms with E-state index in [1.54, 1.807) is 0 Å². The molecule has 0 radical (unpaired) electrons. The van der Waals surface area contributed by atoms with Gasteiger partial charge >= 0.3 is 0 Å². The second-order valence-corrected chi connectivity index (χ2v) is 4.00. The van der Waals surface area contributed by atoms with Crippen LogP contribution in [-0.4, -0.2) is 10.4 Å². The van der Waals surface area contributed by atoms with Crippen LogP contribution in [0.25, 0.3) is 5.69 Å². The van der Waals surface area contributed by atoms with Gasteiger partial charge in [0.2, 0.25) is 5.78 Å². The number of carbonyl (C=O) groups excluding carboxylic acids is 1. The van der Waals surface area contributed by atoms with Crippen LogP contribution in [0.4, 0.5) is 0 Å². The lowest BCUT2D eigenvalue weighted by Crippen LogP contribution is -1.96. The Bertz CT molecular complexity index is 578. The molecule has 1 aromatic heterocycles. The molecule has 2 nitrogen and oxygen atoms in total. The van der Waals surface area contributed by atoms with Gasteiger partial charge in [-0.1, -0.05) is 12.1 Å². The van der Waals surface area contributed by atoms with E-state index in [9.17, 15) is 4.79 Å². The van der Waals surface area contributed by atoms with Crippen LogP contribution in [0.5, 0.6) is 0 Å². The van der Waals surface area contributed by atoms with Gasteiger partial charge in [-0.2, -0.15) is 0 Å². The normalized spacial score (nSPS) is 12.8. The summed E-state index contributed by atoms with van der Waals surface area (Å²) < 4.78 is 2.05. The first-order valence-electron chi connectivity index (χ1n) is 5.03. The number of aromatic nitrogens is 1. The smallest absolute Gasteiger partial charge is 0.211 e. The van der Waals surface area contributed by atoms with Crippen LogP contribution >= 0.6 is 0 Å². The molecule has 0 spiro atoms. The molecule has 1 aliphatic rings. The van der Waals surface area contributed by atoms with Crippen LogP contribution in [-0.2, 0) is 0 Å². The number of hydrogen-bond acceptors (Lipinski definition) is 1. The molecule has 2 heterocycles. The SMILES string of the molecule is Cc1cccc2c1-n1c(C)ccc1C2=O. The summed E-state index contributed by atoms with van der Waals surface area (Å²) in [5.74, 6) is 0.141. The van der Waals surface area contributed by atoms with Crippen molar-refractivity contribution in [3.8, 4) is 5.69 Å². The maximum Gasteiger partial charge on any atom is 0.211 e. The van der Waals surface area contributed by atoms with Gasteiger partial charge in [-0.15, -0.1) is 0 Å². The highest BCUT2D eigenvalue weighted by Crippen LogP contribution is 2.32. The van der Waals surface area contributed by atoms with Gasteiger partial charge in [0.1, 0.15) is 0 Å². The van der Waals surface area contributed by atoms with Gasteiger partial charge in [-0.05, 0) is 37.6 Å². The fourth-order valence-corrected chi connectivity index (χ4v) is 2.29. The predicted octanol–water partition coefficient (Wildman–Crippen LogP) is 2.64. The summed E-state index contributed by atoms with van der Waals surface area (Å²) >= 11 is 0. The summed E-state index contributed by atoms with van der Waals surface area (Å²) in [5, 5.41) is 0. The van der Waals surface area contributed by atoms with Crippen LogP contribution in [0.2, 0.25) is 0 Å². The Balaban J connectivity index is 2.47. The van der Waals surface area contributed by atoms with Crippen molar-refractivity contribution in [2.24, 2.45) is 0 Å². The van der Waals surface area contributed by atoms with Crippen LogP contribution in [0.1, 0.15) is 27.3 Å². The topological polar surface area (TPSA) is 22.0 Å². The van der Waals surface area contributed by atoms with Gasteiger partial charge in [0, 0.05) is 11.3 Å². The van der Waals surface area contributed by atoms with Gasteiger partial charge in [-0.25, -0.2) is 0 Å². The molecule has 0 saturated heterocycles. The lowest BCUT2D eigenvalue weighted by molar-refractivity contribution is 0.104. The average molecular weight is 197 g/mol. The molecule has 0 bridgehead atoms. The Morgan fingerprint density at radius 2 is 1.87 bits per heavy atom. The summed E-state index contributed by atoms with van der Waals surface area (Å²) in [6.45, 7) is 4.07. The van der Waals surface area contributed by atoms with E-state index in [0.717, 1.165) is 28.2 Å². The molecule has 0 N–H and O–H groups in total. The molecule has 3 rings (SSSR count). The van der Waals surface area contributed by atoms with Gasteiger partial charge in [0.25, 0.3) is 0 Å². The van der Waals surface area contributed by atoms with Crippen LogP contribution in [0.15, 0.2) is 30.3 Å². The maximum absolute atomic E-state index is 12.0. The minimum absolute atomic E-state index is 0.141. The zero-order valence-corrected chi connectivity index (χ0v) is 8.74. The summed E-state index contributed by atoms with van der Waals surface area (Å²) in [6.07, 6.45) is 0. The van der Waals surface area contributed by atoms with E-state index >= 15 is 0 Å². The summed E-state index contributed by atoms with van der Waals surface area (Å²) in [4.78, 5) is 12.0. The van der Waals surface area contributed by atoms with Crippen molar-refractivity contribution < 1.29 is 4.79 Å². The molecule has 0 aliphatic carbocycles. The zero-order chi connectivity index (χ0) is 10.6. The van der Waals surface area contributed by atoms with Crippen molar-refractivity contribution in [1.82, 2.24) is 4.57 Å². The van der Waals surface area contributed by atoms with Crippen molar-refractivity contribution in [2.75, 3.05) is 0 Å². The number of para-hydroxylation sites is 1. The number of nitrogens with zero attached hydrogens (tertiary/aromatic N) is 1. The first-order valence-corrected chi connectivity index (χ1v) is 5.03. The van der Waals surface area contributed by atoms with Crippen molar-refractivity contribution in [1.29, 1.82) is 0 Å². The van der Waals surface area contributed by atoms with E-state index in [2.05, 4.69) is 0 Å². The standard InChI is InChI=1S/C13H11NO/c1-8-4-3-5-10-12(8)14-9(2)6-7-11(14)13(10)15/h3-7H,1-2H3. The van der Waals surface area contributed by atoms with Gasteiger partial charge in [-0.3, -0.25) is 4.79 Å². The number of carbonyl (C=O) groups is 1. The predicted molar refractivity (Wildman–Crippen MR) is 58.7 cm³/mol. The van der Waals surface area contributed by atoms with Crippen molar-refractivity contribution in [3.05, 3.63) is 52.8 Å². The highest BCUT2D eigenvalue weighted by molar-refractivity contribution is 6.14. The van der Waals surface area contributed by atoms with E-state index in [4.69, 9.17) is 0 Å². The lowest BCUT2D eigenvalue weighted by Gasteiger charge is -2.07. The van der Waals surface area contributed by atoms with Crippen molar-refractivity contribution in [3.63, 3.8) is 0 Å². The Kier molecular flexibility index (Phi) is 1.47. The number of aryl methyl sites for hydroxylation is 2. The highest BCUT2D eigenvalue weighted by Gasteiger charge is 2.28. The highest BCUT2D eigenvalue weighted by atomic mass is 16.1. The number of ketones is 1. The largest absolute Gasteiger partial charge is 0.310 e. The molecule has 2 heteroatoms. The molecule has 2 aromatic rings. The molecule has 0 saturated carbocycles. The molecule has 15 heavy (non-hydrogen) atoms. The summed E-state index contributed by atoms with van der Waals surface area (Å²) in [6, 6.07) is 9.77. The average Bonchev–Trinajstić information content (AvgIpc) is 2.71. The number of rotatable bonds is 0. The summed E-state index contributed by atoms with van der Waals surface area (Å²) in [5.41, 5.74) is 4.94. The van der Waals surface area contributed by atoms with Gasteiger partial charge in [0.15, 0.2) is 0 Å². The van der Waals surface area contributed by atoms with Crippen molar-refractivity contribution in [2.45, 2.75) is 13.8 Å². The number of hydrogen-bond donors (Lipinski definition) is 0. The second-order valence-electron chi connectivity index (χ2n) is 4.00. The first kappa shape index (κ1) is 8.48. The maximum atomic E-state index is 12.0. The Hall–Kier alpha value is -1.83. The van der Waals surface area contributed by atoms with Crippen molar-refractivity contribution >= 4 is 5.78 Å². The fraction of sp³-hybridized carbons (Fsp3) is 0.154. The lowest BCUT2D eigenvalue weighted by atomic mass is 10.1. The zero-order valence-electron chi connectivity index (χ0n) is 8.74. The molecule has 0 amide bonds. The number of fused-ring (bicyclic) bond motifs is 3. The van der Waals surface area contributed by atoms with Gasteiger partial charge < -0.3 is 4.57 Å². The molecule has 0 atom stereocenters. The van der Waals surface area contributed by atoms with Crippen LogP contribution < -0.4 is 0 Å². The van der Waals surface area contributed by atoms with E-state index in [0.29, 0.717) is 0 Å². The fourth-order valence-electron chi connectivity index (χ4n) is 2.29. The third-order valence-corrected chi connectivity index (χ3v) is 3.01. The van der Waals surface area contributed by atoms with Gasteiger partial charge in [0.05, 0.1) is 11.4 Å². The second kappa shape index (κ2) is 2.60. The molecule has 1 aromatic carbocycles. The minimum Gasteiger partial charge on any atom is -0.310 e. The molecular weight excluding hydrogens is 186 g/mol. The molecule has 0 unspecified atom stereocenters. The number of benzene rings is 1. The van der Waals surface area contributed by atoms with E-state index in [1.165, 1.54) is 0 Å². The molecule has 0 fully saturated rings. The van der Waals surface area contributed by atoms with E-state index in [-0.39, 0.29) is 5.78 Å². The third kappa shape index (κ3) is 0.911. The Labute approximate surface area is 88.2 Å².